The second-order valence-electron chi connectivity index (χ2n) is 11.9. The van der Waals surface area contributed by atoms with E-state index in [-0.39, 0.29) is 11.9 Å². The van der Waals surface area contributed by atoms with Crippen LogP contribution >= 0.6 is 0 Å². The number of carbonyl (C=O) groups excluding carboxylic acids is 2. The molecule has 0 bridgehead atoms. The maximum Gasteiger partial charge on any atom is 0.323 e. The predicted molar refractivity (Wildman–Crippen MR) is 180 cm³/mol. The lowest BCUT2D eigenvalue weighted by molar-refractivity contribution is 0.0595. The standard InChI is InChI=1S/C35H40N8O3/c1-24(2)41-16-18-42(19-17-41)33(44)28-10-14-30(15-11-28)37-35(45)36-29-12-8-27(9-13-29)32-38-31(26-6-4-25(3)5-7-26)39-34(40-32)43-20-22-46-23-21-43/h4-15,24H,16-23H2,1-3H3,(H2,36,37,45). The summed E-state index contributed by atoms with van der Waals surface area (Å²) in [6, 6.07) is 22.6. The first-order valence-corrected chi connectivity index (χ1v) is 15.8. The summed E-state index contributed by atoms with van der Waals surface area (Å²) in [5.41, 5.74) is 4.72. The van der Waals surface area contributed by atoms with E-state index < -0.39 is 0 Å². The molecule has 3 amide bonds. The third kappa shape index (κ3) is 7.49. The van der Waals surface area contributed by atoms with Crippen LogP contribution in [0, 0.1) is 6.92 Å². The predicted octanol–water partition coefficient (Wildman–Crippen LogP) is 5.16. The topological polar surface area (TPSA) is 116 Å². The molecule has 0 saturated carbocycles. The van der Waals surface area contributed by atoms with Crippen LogP contribution in [0.5, 0.6) is 0 Å². The Bertz CT molecular complexity index is 1650. The van der Waals surface area contributed by atoms with E-state index in [0.29, 0.717) is 80.0 Å². The second-order valence-corrected chi connectivity index (χ2v) is 11.9. The third-order valence-corrected chi connectivity index (χ3v) is 8.35. The van der Waals surface area contributed by atoms with Crippen molar-refractivity contribution >= 4 is 29.3 Å². The largest absolute Gasteiger partial charge is 0.378 e. The van der Waals surface area contributed by atoms with Gasteiger partial charge < -0.3 is 25.2 Å². The van der Waals surface area contributed by atoms with Gasteiger partial charge in [-0.3, -0.25) is 9.69 Å². The van der Waals surface area contributed by atoms with Crippen LogP contribution in [-0.4, -0.2) is 95.2 Å². The molecular weight excluding hydrogens is 580 g/mol. The summed E-state index contributed by atoms with van der Waals surface area (Å²) < 4.78 is 5.52. The molecule has 0 unspecified atom stereocenters. The quantitative estimate of drug-likeness (QED) is 0.291. The Morgan fingerprint density at radius 1 is 0.696 bits per heavy atom. The molecule has 238 valence electrons. The number of ether oxygens (including phenoxy) is 1. The summed E-state index contributed by atoms with van der Waals surface area (Å²) in [5, 5.41) is 5.72. The normalized spacial score (nSPS) is 15.6. The van der Waals surface area contributed by atoms with Gasteiger partial charge in [0.1, 0.15) is 0 Å². The zero-order chi connectivity index (χ0) is 32.0. The first-order valence-electron chi connectivity index (χ1n) is 15.8. The van der Waals surface area contributed by atoms with Gasteiger partial charge in [0.25, 0.3) is 5.91 Å². The average Bonchev–Trinajstić information content (AvgIpc) is 3.09. The highest BCUT2D eigenvalue weighted by Gasteiger charge is 2.23. The molecule has 2 saturated heterocycles. The number of piperazine rings is 1. The van der Waals surface area contributed by atoms with Crippen LogP contribution in [0.3, 0.4) is 0 Å². The van der Waals surface area contributed by atoms with Crippen molar-refractivity contribution in [3.8, 4) is 22.8 Å². The zero-order valence-corrected chi connectivity index (χ0v) is 26.6. The highest BCUT2D eigenvalue weighted by molar-refractivity contribution is 6.00. The molecule has 11 nitrogen and oxygen atoms in total. The van der Waals surface area contributed by atoms with Gasteiger partial charge >= 0.3 is 6.03 Å². The summed E-state index contributed by atoms with van der Waals surface area (Å²) in [4.78, 5) is 46.5. The summed E-state index contributed by atoms with van der Waals surface area (Å²) in [6.45, 7) is 12.3. The molecule has 2 fully saturated rings. The number of morpholine rings is 1. The number of aromatic nitrogens is 3. The molecule has 46 heavy (non-hydrogen) atoms. The number of hydrogen-bond acceptors (Lipinski definition) is 8. The molecule has 1 aromatic heterocycles. The first kappa shape index (κ1) is 31.1. The van der Waals surface area contributed by atoms with Crippen LogP contribution in [0.15, 0.2) is 72.8 Å². The van der Waals surface area contributed by atoms with Crippen molar-refractivity contribution in [1.82, 2.24) is 24.8 Å². The second kappa shape index (κ2) is 14.1. The van der Waals surface area contributed by atoms with Crippen LogP contribution < -0.4 is 15.5 Å². The van der Waals surface area contributed by atoms with E-state index in [0.717, 1.165) is 29.8 Å². The molecule has 2 aliphatic heterocycles. The number of nitrogens with zero attached hydrogens (tertiary/aromatic N) is 6. The molecule has 0 spiro atoms. The van der Waals surface area contributed by atoms with Crippen LogP contribution in [0.2, 0.25) is 0 Å². The number of rotatable bonds is 7. The molecule has 0 radical (unpaired) electrons. The Labute approximate surface area is 269 Å². The molecule has 11 heteroatoms. The van der Waals surface area contributed by atoms with Crippen molar-refractivity contribution in [2.24, 2.45) is 0 Å². The minimum atomic E-state index is -0.381. The van der Waals surface area contributed by atoms with Gasteiger partial charge in [0.2, 0.25) is 5.95 Å². The Hall–Kier alpha value is -4.87. The van der Waals surface area contributed by atoms with Crippen molar-refractivity contribution in [2.75, 3.05) is 68.0 Å². The van der Waals surface area contributed by atoms with Crippen molar-refractivity contribution in [3.63, 3.8) is 0 Å². The van der Waals surface area contributed by atoms with E-state index in [9.17, 15) is 9.59 Å². The van der Waals surface area contributed by atoms with Gasteiger partial charge in [0.15, 0.2) is 11.6 Å². The minimum Gasteiger partial charge on any atom is -0.378 e. The fourth-order valence-corrected chi connectivity index (χ4v) is 5.55. The Balaban J connectivity index is 1.10. The van der Waals surface area contributed by atoms with Crippen LogP contribution in [0.4, 0.5) is 22.1 Å². The van der Waals surface area contributed by atoms with Crippen LogP contribution in [0.25, 0.3) is 22.8 Å². The lowest BCUT2D eigenvalue weighted by Crippen LogP contribution is -2.50. The molecule has 4 aromatic rings. The summed E-state index contributed by atoms with van der Waals surface area (Å²) in [6.07, 6.45) is 0. The Kier molecular flexibility index (Phi) is 9.51. The zero-order valence-electron chi connectivity index (χ0n) is 26.6. The monoisotopic (exact) mass is 620 g/mol. The Morgan fingerprint density at radius 3 is 1.76 bits per heavy atom. The Morgan fingerprint density at radius 2 is 1.22 bits per heavy atom. The summed E-state index contributed by atoms with van der Waals surface area (Å²) in [7, 11) is 0. The number of anilines is 3. The van der Waals surface area contributed by atoms with Gasteiger partial charge in [-0.05, 0) is 69.3 Å². The summed E-state index contributed by atoms with van der Waals surface area (Å²) >= 11 is 0. The first-order chi connectivity index (χ1) is 22.3. The lowest BCUT2D eigenvalue weighted by Gasteiger charge is -2.37. The number of benzene rings is 3. The lowest BCUT2D eigenvalue weighted by atomic mass is 10.1. The number of carbonyl (C=O) groups is 2. The highest BCUT2D eigenvalue weighted by Crippen LogP contribution is 2.25. The van der Waals surface area contributed by atoms with Gasteiger partial charge in [-0.2, -0.15) is 9.97 Å². The molecular formula is C35H40N8O3. The average molecular weight is 621 g/mol. The maximum atomic E-state index is 13.0. The van der Waals surface area contributed by atoms with Crippen molar-refractivity contribution < 1.29 is 14.3 Å². The van der Waals surface area contributed by atoms with Gasteiger partial charge in [0, 0.05) is 73.4 Å². The number of urea groups is 1. The smallest absolute Gasteiger partial charge is 0.323 e. The fourth-order valence-electron chi connectivity index (χ4n) is 5.55. The van der Waals surface area contributed by atoms with E-state index in [1.807, 2.05) is 60.4 Å². The molecule has 3 heterocycles. The third-order valence-electron chi connectivity index (χ3n) is 8.35. The molecule has 6 rings (SSSR count). The van der Waals surface area contributed by atoms with Gasteiger partial charge in [-0.25, -0.2) is 9.78 Å². The number of nitrogens with one attached hydrogen (secondary N) is 2. The fraction of sp³-hybridized carbons (Fsp3) is 0.343. The van der Waals surface area contributed by atoms with Gasteiger partial charge in [0.05, 0.1) is 13.2 Å². The maximum absolute atomic E-state index is 13.0. The minimum absolute atomic E-state index is 0.0146. The highest BCUT2D eigenvalue weighted by atomic mass is 16.5. The van der Waals surface area contributed by atoms with E-state index >= 15 is 0 Å². The molecule has 2 N–H and O–H groups in total. The number of hydrogen-bond donors (Lipinski definition) is 2. The number of amides is 3. The van der Waals surface area contributed by atoms with E-state index in [1.54, 1.807) is 24.3 Å². The number of aryl methyl sites for hydroxylation is 1. The molecule has 2 aliphatic rings. The van der Waals surface area contributed by atoms with Gasteiger partial charge in [-0.15, -0.1) is 0 Å². The van der Waals surface area contributed by atoms with Crippen LogP contribution in [0.1, 0.15) is 29.8 Å². The molecule has 3 aromatic carbocycles. The molecule has 0 aliphatic carbocycles. The van der Waals surface area contributed by atoms with Gasteiger partial charge in [-0.1, -0.05) is 29.8 Å². The van der Waals surface area contributed by atoms with E-state index in [1.165, 1.54) is 0 Å². The van der Waals surface area contributed by atoms with Crippen molar-refractivity contribution in [3.05, 3.63) is 83.9 Å². The van der Waals surface area contributed by atoms with E-state index in [2.05, 4.69) is 34.3 Å². The van der Waals surface area contributed by atoms with Crippen molar-refractivity contribution in [1.29, 1.82) is 0 Å². The molecule has 0 atom stereocenters. The van der Waals surface area contributed by atoms with E-state index in [4.69, 9.17) is 19.7 Å². The van der Waals surface area contributed by atoms with Crippen LogP contribution in [-0.2, 0) is 4.74 Å². The summed E-state index contributed by atoms with van der Waals surface area (Å²) in [5.74, 6) is 1.79. The SMILES string of the molecule is Cc1ccc(-c2nc(-c3ccc(NC(=O)Nc4ccc(C(=O)N5CCN(C(C)C)CC5)cc4)cc3)nc(N3CCOCC3)n2)cc1. The van der Waals surface area contributed by atoms with Crippen molar-refractivity contribution in [2.45, 2.75) is 26.8 Å².